The summed E-state index contributed by atoms with van der Waals surface area (Å²) in [7, 11) is 0. The molecule has 0 amide bonds. The first kappa shape index (κ1) is 11.8. The molecule has 5 nitrogen and oxygen atoms in total. The highest BCUT2D eigenvalue weighted by atomic mass is 32.2. The predicted molar refractivity (Wildman–Crippen MR) is 64.3 cm³/mol. The molecule has 2 aromatic rings. The zero-order valence-corrected chi connectivity index (χ0v) is 9.65. The number of aliphatic hydroxyl groups is 1. The van der Waals surface area contributed by atoms with Crippen molar-refractivity contribution in [1.29, 1.82) is 0 Å². The Hall–Kier alpha value is -1.66. The number of carboxylic acid groups (broad SMARTS) is 1. The van der Waals surface area contributed by atoms with E-state index in [1.807, 2.05) is 12.1 Å². The van der Waals surface area contributed by atoms with Crippen molar-refractivity contribution in [3.63, 3.8) is 0 Å². The number of aromatic nitrogens is 2. The molecule has 0 bridgehead atoms. The maximum Gasteiger partial charge on any atom is 0.357 e. The van der Waals surface area contributed by atoms with Gasteiger partial charge in [-0.25, -0.2) is 4.79 Å². The molecule has 17 heavy (non-hydrogen) atoms. The van der Waals surface area contributed by atoms with Crippen LogP contribution in [0.2, 0.25) is 0 Å². The minimum atomic E-state index is -1.11. The number of nitrogens with zero attached hydrogens (tertiary/aromatic N) is 2. The van der Waals surface area contributed by atoms with E-state index in [4.69, 9.17) is 10.2 Å². The zero-order valence-electron chi connectivity index (χ0n) is 8.83. The molecule has 0 spiro atoms. The number of carboxylic acids is 1. The van der Waals surface area contributed by atoms with Crippen LogP contribution in [0.4, 0.5) is 0 Å². The fourth-order valence-corrected chi connectivity index (χ4v) is 2.35. The van der Waals surface area contributed by atoms with Gasteiger partial charge in [0.1, 0.15) is 0 Å². The third-order valence-electron chi connectivity index (χ3n) is 2.16. The van der Waals surface area contributed by atoms with E-state index in [0.29, 0.717) is 16.2 Å². The van der Waals surface area contributed by atoms with Crippen molar-refractivity contribution in [3.05, 3.63) is 30.0 Å². The Balaban J connectivity index is 2.61. The van der Waals surface area contributed by atoms with E-state index in [2.05, 4.69) is 10.2 Å². The van der Waals surface area contributed by atoms with Crippen LogP contribution < -0.4 is 0 Å². The molecule has 0 aliphatic rings. The van der Waals surface area contributed by atoms with Crippen molar-refractivity contribution in [2.75, 3.05) is 12.4 Å². The van der Waals surface area contributed by atoms with E-state index in [-0.39, 0.29) is 12.3 Å². The second-order valence-electron chi connectivity index (χ2n) is 3.27. The number of aliphatic hydroxyl groups excluding tert-OH is 1. The number of carbonyl (C=O) groups is 1. The second kappa shape index (κ2) is 5.11. The summed E-state index contributed by atoms with van der Waals surface area (Å²) < 4.78 is 0. The van der Waals surface area contributed by atoms with E-state index in [1.165, 1.54) is 11.8 Å². The third kappa shape index (κ3) is 2.37. The molecule has 1 aromatic heterocycles. The molecule has 0 atom stereocenters. The van der Waals surface area contributed by atoms with Crippen LogP contribution in [-0.4, -0.2) is 38.7 Å². The normalized spacial score (nSPS) is 10.6. The van der Waals surface area contributed by atoms with Gasteiger partial charge in [-0.3, -0.25) is 0 Å². The van der Waals surface area contributed by atoms with Gasteiger partial charge in [0.2, 0.25) is 0 Å². The van der Waals surface area contributed by atoms with Crippen LogP contribution in [0.15, 0.2) is 29.2 Å². The van der Waals surface area contributed by atoms with Crippen LogP contribution in [0.3, 0.4) is 0 Å². The molecule has 1 heterocycles. The van der Waals surface area contributed by atoms with Gasteiger partial charge < -0.3 is 10.2 Å². The minimum Gasteiger partial charge on any atom is -0.476 e. The first-order chi connectivity index (χ1) is 8.24. The quantitative estimate of drug-likeness (QED) is 0.798. The molecule has 88 valence electrons. The first-order valence-electron chi connectivity index (χ1n) is 4.96. The Bertz CT molecular complexity index is 559. The smallest absolute Gasteiger partial charge is 0.357 e. The lowest BCUT2D eigenvalue weighted by Gasteiger charge is -2.07. The summed E-state index contributed by atoms with van der Waals surface area (Å²) in [6.45, 7) is -0.0135. The van der Waals surface area contributed by atoms with Crippen LogP contribution in [0.25, 0.3) is 10.9 Å². The highest BCUT2D eigenvalue weighted by molar-refractivity contribution is 7.99. The standard InChI is InChI=1S/C11H10N2O3S/c14-5-6-17-10-7-3-1-2-4-8(7)12-13-9(10)11(15)16/h1-4,14H,5-6H2,(H,15,16). The molecule has 2 N–H and O–H groups in total. The summed E-state index contributed by atoms with van der Waals surface area (Å²) >= 11 is 1.27. The van der Waals surface area contributed by atoms with Crippen LogP contribution in [0, 0.1) is 0 Å². The highest BCUT2D eigenvalue weighted by Gasteiger charge is 2.16. The Morgan fingerprint density at radius 3 is 2.76 bits per heavy atom. The fourth-order valence-electron chi connectivity index (χ4n) is 1.46. The van der Waals surface area contributed by atoms with Gasteiger partial charge in [0.25, 0.3) is 0 Å². The third-order valence-corrected chi connectivity index (χ3v) is 3.25. The average Bonchev–Trinajstić information content (AvgIpc) is 2.35. The number of thioether (sulfide) groups is 1. The predicted octanol–water partition coefficient (Wildman–Crippen LogP) is 1.41. The van der Waals surface area contributed by atoms with Crippen LogP contribution in [-0.2, 0) is 0 Å². The Kier molecular flexibility index (Phi) is 3.55. The van der Waals surface area contributed by atoms with E-state index in [9.17, 15) is 4.79 Å². The summed E-state index contributed by atoms with van der Waals surface area (Å²) in [6.07, 6.45) is 0. The molecule has 0 unspecified atom stereocenters. The lowest BCUT2D eigenvalue weighted by Crippen LogP contribution is -2.06. The summed E-state index contributed by atoms with van der Waals surface area (Å²) in [5.74, 6) is -0.681. The van der Waals surface area contributed by atoms with Crippen molar-refractivity contribution in [1.82, 2.24) is 10.2 Å². The Morgan fingerprint density at radius 2 is 2.06 bits per heavy atom. The topological polar surface area (TPSA) is 83.3 Å². The van der Waals surface area contributed by atoms with Crippen molar-refractivity contribution in [2.24, 2.45) is 0 Å². The zero-order chi connectivity index (χ0) is 12.3. The summed E-state index contributed by atoms with van der Waals surface area (Å²) in [6, 6.07) is 7.21. The average molecular weight is 250 g/mol. The Morgan fingerprint density at radius 1 is 1.29 bits per heavy atom. The number of rotatable bonds is 4. The van der Waals surface area contributed by atoms with Crippen LogP contribution in [0.5, 0.6) is 0 Å². The van der Waals surface area contributed by atoms with Crippen molar-refractivity contribution in [3.8, 4) is 0 Å². The van der Waals surface area contributed by atoms with Gasteiger partial charge in [0.05, 0.1) is 17.0 Å². The Labute approximate surface area is 101 Å². The summed E-state index contributed by atoms with van der Waals surface area (Å²) in [5.41, 5.74) is 0.583. The van der Waals surface area contributed by atoms with E-state index < -0.39 is 5.97 Å². The molecular formula is C11H10N2O3S. The number of benzene rings is 1. The largest absolute Gasteiger partial charge is 0.476 e. The van der Waals surface area contributed by atoms with Gasteiger partial charge in [-0.15, -0.1) is 22.0 Å². The van der Waals surface area contributed by atoms with Crippen LogP contribution in [0.1, 0.15) is 10.5 Å². The number of fused-ring (bicyclic) bond motifs is 1. The van der Waals surface area contributed by atoms with E-state index in [1.54, 1.807) is 12.1 Å². The molecule has 0 radical (unpaired) electrons. The lowest BCUT2D eigenvalue weighted by molar-refractivity contribution is 0.0685. The first-order valence-corrected chi connectivity index (χ1v) is 5.95. The molecule has 6 heteroatoms. The van der Waals surface area contributed by atoms with Gasteiger partial charge in [0, 0.05) is 11.1 Å². The molecule has 2 rings (SSSR count). The lowest BCUT2D eigenvalue weighted by atomic mass is 10.2. The van der Waals surface area contributed by atoms with Crippen molar-refractivity contribution < 1.29 is 15.0 Å². The summed E-state index contributed by atoms with van der Waals surface area (Å²) in [5, 5.41) is 26.2. The van der Waals surface area contributed by atoms with Gasteiger partial charge >= 0.3 is 5.97 Å². The summed E-state index contributed by atoms with van der Waals surface area (Å²) in [4.78, 5) is 11.6. The van der Waals surface area contributed by atoms with Crippen LogP contribution >= 0.6 is 11.8 Å². The maximum atomic E-state index is 11.1. The van der Waals surface area contributed by atoms with E-state index >= 15 is 0 Å². The monoisotopic (exact) mass is 250 g/mol. The second-order valence-corrected chi connectivity index (χ2v) is 4.38. The number of hydrogen-bond donors (Lipinski definition) is 2. The molecule has 0 fully saturated rings. The van der Waals surface area contributed by atoms with Crippen molar-refractivity contribution >= 4 is 28.6 Å². The van der Waals surface area contributed by atoms with Gasteiger partial charge in [-0.2, -0.15) is 0 Å². The van der Waals surface area contributed by atoms with Crippen molar-refractivity contribution in [2.45, 2.75) is 4.90 Å². The molecule has 1 aromatic carbocycles. The highest BCUT2D eigenvalue weighted by Crippen LogP contribution is 2.28. The number of hydrogen-bond acceptors (Lipinski definition) is 5. The fraction of sp³-hybridized carbons (Fsp3) is 0.182. The van der Waals surface area contributed by atoms with Gasteiger partial charge in [-0.05, 0) is 6.07 Å². The molecular weight excluding hydrogens is 240 g/mol. The SMILES string of the molecule is O=C(O)c1nnc2ccccc2c1SCCO. The number of aromatic carboxylic acids is 1. The van der Waals surface area contributed by atoms with E-state index in [0.717, 1.165) is 5.39 Å². The maximum absolute atomic E-state index is 11.1. The molecule has 0 aliphatic carbocycles. The van der Waals surface area contributed by atoms with Gasteiger partial charge in [0.15, 0.2) is 5.69 Å². The molecule has 0 aliphatic heterocycles. The molecule has 0 saturated heterocycles. The molecule has 0 saturated carbocycles. The minimum absolute atomic E-state index is 0.0135. The van der Waals surface area contributed by atoms with Gasteiger partial charge in [-0.1, -0.05) is 18.2 Å².